The van der Waals surface area contributed by atoms with Gasteiger partial charge in [-0.15, -0.1) is 0 Å². The van der Waals surface area contributed by atoms with Gasteiger partial charge in [-0.3, -0.25) is 19.6 Å². The molecule has 0 unspecified atom stereocenters. The van der Waals surface area contributed by atoms with Crippen LogP contribution in [0.3, 0.4) is 0 Å². The van der Waals surface area contributed by atoms with Crippen molar-refractivity contribution in [1.82, 2.24) is 25.6 Å². The first-order valence-electron chi connectivity index (χ1n) is 6.94. The van der Waals surface area contributed by atoms with E-state index in [1.165, 1.54) is 30.8 Å². The van der Waals surface area contributed by atoms with Crippen molar-refractivity contribution in [3.8, 4) is 0 Å². The van der Waals surface area contributed by atoms with Crippen molar-refractivity contribution in [2.45, 2.75) is 5.03 Å². The van der Waals surface area contributed by atoms with E-state index in [-0.39, 0.29) is 16.3 Å². The molecule has 0 aliphatic heterocycles. The number of amides is 1. The van der Waals surface area contributed by atoms with Gasteiger partial charge in [0.2, 0.25) is 5.91 Å². The third-order valence-electron chi connectivity index (χ3n) is 2.67. The van der Waals surface area contributed by atoms with Gasteiger partial charge in [0.25, 0.3) is 5.56 Å². The molecule has 11 nitrogen and oxygen atoms in total. The number of carbonyl (C=O) groups excluding carboxylic acids is 1. The number of nitrogens with zero attached hydrogens (tertiary/aromatic N) is 3. The molecule has 0 radical (unpaired) electrons. The number of aromatic nitrogens is 4. The van der Waals surface area contributed by atoms with Crippen LogP contribution in [-0.2, 0) is 4.79 Å². The molecule has 0 aromatic carbocycles. The molecule has 0 atom stereocenters. The number of carboxylic acid groups (broad SMARTS) is 1. The topological polar surface area (TPSA) is 170 Å². The van der Waals surface area contributed by atoms with Crippen LogP contribution < -0.4 is 16.7 Å². The molecule has 12 heteroatoms. The molecule has 0 aliphatic rings. The van der Waals surface area contributed by atoms with Crippen molar-refractivity contribution >= 4 is 35.9 Å². The molecule has 4 N–H and O–H groups in total. The summed E-state index contributed by atoms with van der Waals surface area (Å²) in [5.74, 6) is -1.70. The predicted molar refractivity (Wildman–Crippen MR) is 93.1 cm³/mol. The van der Waals surface area contributed by atoms with Crippen LogP contribution in [0.25, 0.3) is 6.08 Å². The monoisotopic (exact) mass is 376 g/mol. The summed E-state index contributed by atoms with van der Waals surface area (Å²) in [5, 5.41) is 18.1. The first kappa shape index (κ1) is 18.8. The molecule has 2 rings (SSSR count). The predicted octanol–water partition coefficient (Wildman–Crippen LogP) is -0.541. The highest BCUT2D eigenvalue weighted by molar-refractivity contribution is 7.99. The van der Waals surface area contributed by atoms with Crippen LogP contribution in [0, 0.1) is 0 Å². The van der Waals surface area contributed by atoms with E-state index in [4.69, 9.17) is 5.11 Å². The number of pyridine rings is 1. The summed E-state index contributed by atoms with van der Waals surface area (Å²) in [5.41, 5.74) is 1.43. The van der Waals surface area contributed by atoms with Gasteiger partial charge in [0, 0.05) is 18.6 Å². The molecule has 134 valence electrons. The van der Waals surface area contributed by atoms with Crippen LogP contribution in [0.1, 0.15) is 15.9 Å². The SMILES string of the molecule is O=C(CSc1n[nH]c(=O)[nH]c1=O)N/N=C/C=C/c1cncc(C(=O)O)c1. The second-order valence-corrected chi connectivity index (χ2v) is 5.55. The average Bonchev–Trinajstić information content (AvgIpc) is 2.61. The summed E-state index contributed by atoms with van der Waals surface area (Å²) in [6.07, 6.45) is 7.05. The van der Waals surface area contributed by atoms with Crippen molar-refractivity contribution in [2.75, 3.05) is 5.75 Å². The quantitative estimate of drug-likeness (QED) is 0.283. The number of hydrazone groups is 1. The molecular weight excluding hydrogens is 364 g/mol. The van der Waals surface area contributed by atoms with E-state index in [0.717, 1.165) is 11.8 Å². The van der Waals surface area contributed by atoms with E-state index < -0.39 is 23.1 Å². The van der Waals surface area contributed by atoms with Crippen LogP contribution in [0.4, 0.5) is 0 Å². The van der Waals surface area contributed by atoms with Crippen molar-refractivity contribution in [3.63, 3.8) is 0 Å². The van der Waals surface area contributed by atoms with Crippen molar-refractivity contribution in [1.29, 1.82) is 0 Å². The number of hydrogen-bond donors (Lipinski definition) is 4. The maximum absolute atomic E-state index is 11.6. The highest BCUT2D eigenvalue weighted by atomic mass is 32.2. The molecule has 2 heterocycles. The number of aromatic amines is 2. The number of aromatic carboxylic acids is 1. The second-order valence-electron chi connectivity index (χ2n) is 4.59. The third-order valence-corrected chi connectivity index (χ3v) is 3.62. The van der Waals surface area contributed by atoms with E-state index in [1.54, 1.807) is 6.08 Å². The van der Waals surface area contributed by atoms with Crippen LogP contribution in [-0.4, -0.2) is 49.1 Å². The van der Waals surface area contributed by atoms with E-state index in [9.17, 15) is 19.2 Å². The molecule has 2 aromatic rings. The maximum atomic E-state index is 11.6. The fourth-order valence-corrected chi connectivity index (χ4v) is 2.20. The molecule has 0 saturated heterocycles. The fraction of sp³-hybridized carbons (Fsp3) is 0.0714. The highest BCUT2D eigenvalue weighted by Gasteiger charge is 2.07. The van der Waals surface area contributed by atoms with Gasteiger partial charge >= 0.3 is 11.7 Å². The third kappa shape index (κ3) is 5.83. The molecule has 0 saturated carbocycles. The smallest absolute Gasteiger partial charge is 0.342 e. The Morgan fingerprint density at radius 1 is 1.35 bits per heavy atom. The lowest BCUT2D eigenvalue weighted by Gasteiger charge is -1.98. The second kappa shape index (κ2) is 9.08. The average molecular weight is 376 g/mol. The molecule has 1 amide bonds. The minimum atomic E-state index is -1.08. The number of carbonyl (C=O) groups is 2. The van der Waals surface area contributed by atoms with Gasteiger partial charge < -0.3 is 5.11 Å². The molecule has 0 fully saturated rings. The lowest BCUT2D eigenvalue weighted by atomic mass is 10.2. The van der Waals surface area contributed by atoms with Crippen LogP contribution in [0.5, 0.6) is 0 Å². The Bertz CT molecular complexity index is 980. The summed E-state index contributed by atoms with van der Waals surface area (Å²) >= 11 is 0.836. The van der Waals surface area contributed by atoms with Gasteiger partial charge in [0.15, 0.2) is 5.03 Å². The van der Waals surface area contributed by atoms with Crippen molar-refractivity contribution < 1.29 is 14.7 Å². The van der Waals surface area contributed by atoms with Gasteiger partial charge in [-0.2, -0.15) is 10.2 Å². The van der Waals surface area contributed by atoms with Gasteiger partial charge in [0.05, 0.1) is 11.3 Å². The summed E-state index contributed by atoms with van der Waals surface area (Å²) in [6.45, 7) is 0. The lowest BCUT2D eigenvalue weighted by molar-refractivity contribution is -0.118. The zero-order valence-corrected chi connectivity index (χ0v) is 13.8. The van der Waals surface area contributed by atoms with Gasteiger partial charge in [-0.25, -0.2) is 20.1 Å². The number of nitrogens with one attached hydrogen (secondary N) is 3. The van der Waals surface area contributed by atoms with Crippen LogP contribution in [0.2, 0.25) is 0 Å². The molecule has 0 bridgehead atoms. The zero-order chi connectivity index (χ0) is 18.9. The van der Waals surface area contributed by atoms with E-state index in [1.807, 2.05) is 4.98 Å². The molecule has 0 aliphatic carbocycles. The number of rotatable bonds is 7. The zero-order valence-electron chi connectivity index (χ0n) is 13.0. The number of thioether (sulfide) groups is 1. The fourth-order valence-electron chi connectivity index (χ4n) is 1.57. The van der Waals surface area contributed by atoms with E-state index >= 15 is 0 Å². The Kier molecular flexibility index (Phi) is 6.56. The summed E-state index contributed by atoms with van der Waals surface area (Å²) in [6, 6.07) is 1.43. The van der Waals surface area contributed by atoms with Gasteiger partial charge in [-0.1, -0.05) is 17.8 Å². The van der Waals surface area contributed by atoms with Crippen molar-refractivity contribution in [3.05, 3.63) is 56.5 Å². The molecule has 0 spiro atoms. The molecule has 2 aromatic heterocycles. The largest absolute Gasteiger partial charge is 0.478 e. The molecule has 26 heavy (non-hydrogen) atoms. The van der Waals surface area contributed by atoms with Gasteiger partial charge in [0.1, 0.15) is 0 Å². The van der Waals surface area contributed by atoms with E-state index in [0.29, 0.717) is 5.56 Å². The Labute approximate surface area is 149 Å². The van der Waals surface area contributed by atoms with Crippen molar-refractivity contribution in [2.24, 2.45) is 5.10 Å². The van der Waals surface area contributed by atoms with Crippen LogP contribution in [0.15, 0.2) is 44.3 Å². The first-order chi connectivity index (χ1) is 12.5. The minimum absolute atomic E-state index is 0.0468. The number of carboxylic acids is 1. The first-order valence-corrected chi connectivity index (χ1v) is 7.93. The Morgan fingerprint density at radius 2 is 2.15 bits per heavy atom. The Hall–Kier alpha value is -3.54. The standard InChI is InChI=1S/C14H12N6O5S/c21-10(7-26-12-11(22)17-14(25)20-19-12)18-16-3-1-2-8-4-9(13(23)24)6-15-5-8/h1-6H,7H2,(H,18,21)(H,23,24)(H2,17,20,22,25)/b2-1+,16-3+. The Balaban J connectivity index is 1.81. The van der Waals surface area contributed by atoms with E-state index in [2.05, 4.69) is 25.7 Å². The maximum Gasteiger partial charge on any atom is 0.342 e. The normalized spacial score (nSPS) is 11.1. The lowest BCUT2D eigenvalue weighted by Crippen LogP contribution is -2.26. The number of H-pyrrole nitrogens is 2. The summed E-state index contributed by atoms with van der Waals surface area (Å²) < 4.78 is 0. The number of hydrogen-bond acceptors (Lipinski definition) is 8. The minimum Gasteiger partial charge on any atom is -0.478 e. The number of allylic oxidation sites excluding steroid dienone is 1. The highest BCUT2D eigenvalue weighted by Crippen LogP contribution is 2.07. The van der Waals surface area contributed by atoms with Gasteiger partial charge in [-0.05, 0) is 17.7 Å². The molecular formula is C14H12N6O5S. The van der Waals surface area contributed by atoms with Crippen LogP contribution >= 0.6 is 11.8 Å². The Morgan fingerprint density at radius 3 is 2.88 bits per heavy atom. The summed E-state index contributed by atoms with van der Waals surface area (Å²) in [7, 11) is 0. The summed E-state index contributed by atoms with van der Waals surface area (Å²) in [4.78, 5) is 50.4.